The van der Waals surface area contributed by atoms with Crippen molar-refractivity contribution in [3.63, 3.8) is 0 Å². The minimum Gasteiger partial charge on any atom is -0.494 e. The van der Waals surface area contributed by atoms with Crippen molar-refractivity contribution in [3.8, 4) is 5.75 Å². The van der Waals surface area contributed by atoms with Gasteiger partial charge in [-0.3, -0.25) is 14.4 Å². The highest BCUT2D eigenvalue weighted by Crippen LogP contribution is 2.15. The predicted octanol–water partition coefficient (Wildman–Crippen LogP) is 0.669. The number of amides is 3. The van der Waals surface area contributed by atoms with Crippen molar-refractivity contribution in [1.82, 2.24) is 10.7 Å². The first kappa shape index (κ1) is 21.1. The van der Waals surface area contributed by atoms with Crippen molar-refractivity contribution < 1.29 is 23.9 Å². The molecule has 0 spiro atoms. The molecule has 0 fully saturated rings. The molecule has 0 bridgehead atoms. The molecular formula is C17H24N4O5. The number of anilines is 1. The molecule has 0 saturated heterocycles. The van der Waals surface area contributed by atoms with Crippen LogP contribution in [0.25, 0.3) is 0 Å². The Bertz CT molecular complexity index is 643. The van der Waals surface area contributed by atoms with E-state index in [2.05, 4.69) is 21.2 Å². The number of methoxy groups -OCH3 is 1. The summed E-state index contributed by atoms with van der Waals surface area (Å²) < 4.78 is 10.1. The average molecular weight is 364 g/mol. The topological polar surface area (TPSA) is 118 Å². The van der Waals surface area contributed by atoms with Gasteiger partial charge in [-0.2, -0.15) is 5.10 Å². The number of ether oxygens (including phenoxy) is 2. The van der Waals surface area contributed by atoms with Crippen LogP contribution in [0.3, 0.4) is 0 Å². The van der Waals surface area contributed by atoms with Crippen LogP contribution in [0.4, 0.5) is 5.69 Å². The second-order valence-corrected chi connectivity index (χ2v) is 5.22. The number of rotatable bonds is 9. The first-order valence-electron chi connectivity index (χ1n) is 8.09. The van der Waals surface area contributed by atoms with Crippen LogP contribution in [0.1, 0.15) is 20.3 Å². The van der Waals surface area contributed by atoms with Gasteiger partial charge in [-0.25, -0.2) is 5.43 Å². The Morgan fingerprint density at radius 1 is 1.12 bits per heavy atom. The van der Waals surface area contributed by atoms with E-state index in [4.69, 9.17) is 9.47 Å². The van der Waals surface area contributed by atoms with Crippen LogP contribution in [-0.2, 0) is 19.1 Å². The summed E-state index contributed by atoms with van der Waals surface area (Å²) in [5, 5.41) is 8.80. The Morgan fingerprint density at radius 3 is 2.42 bits per heavy atom. The van der Waals surface area contributed by atoms with Gasteiger partial charge in [0.05, 0.1) is 19.6 Å². The minimum atomic E-state index is -0.910. The Kier molecular flexibility index (Phi) is 9.40. The average Bonchev–Trinajstić information content (AvgIpc) is 2.61. The predicted molar refractivity (Wildman–Crippen MR) is 97.0 cm³/mol. The maximum atomic E-state index is 12.0. The number of hydrazone groups is 1. The second kappa shape index (κ2) is 11.6. The quantitative estimate of drug-likeness (QED) is 0.258. The van der Waals surface area contributed by atoms with E-state index < -0.39 is 11.8 Å². The lowest BCUT2D eigenvalue weighted by atomic mass is 10.2. The smallest absolute Gasteiger partial charge is 0.329 e. The van der Waals surface area contributed by atoms with Crippen LogP contribution < -0.4 is 20.8 Å². The van der Waals surface area contributed by atoms with Gasteiger partial charge in [-0.15, -0.1) is 0 Å². The fourth-order valence-electron chi connectivity index (χ4n) is 1.82. The molecule has 1 aromatic rings. The summed E-state index contributed by atoms with van der Waals surface area (Å²) in [6.45, 7) is 4.54. The number of hydrogen-bond donors (Lipinski definition) is 3. The van der Waals surface area contributed by atoms with Crippen molar-refractivity contribution in [1.29, 1.82) is 0 Å². The van der Waals surface area contributed by atoms with Crippen LogP contribution in [0.15, 0.2) is 29.4 Å². The van der Waals surface area contributed by atoms with Crippen molar-refractivity contribution in [2.45, 2.75) is 20.3 Å². The highest BCUT2D eigenvalue weighted by Gasteiger charge is 2.12. The van der Waals surface area contributed by atoms with Gasteiger partial charge in [-0.05, 0) is 38.1 Å². The highest BCUT2D eigenvalue weighted by atomic mass is 16.5. The van der Waals surface area contributed by atoms with Crippen LogP contribution >= 0.6 is 0 Å². The first-order chi connectivity index (χ1) is 12.5. The van der Waals surface area contributed by atoms with E-state index in [-0.39, 0.29) is 18.9 Å². The van der Waals surface area contributed by atoms with Gasteiger partial charge in [0.15, 0.2) is 0 Å². The lowest BCUT2D eigenvalue weighted by Crippen LogP contribution is -2.39. The molecule has 142 valence electrons. The third-order valence-corrected chi connectivity index (χ3v) is 3.01. The molecule has 0 heterocycles. The number of benzene rings is 1. The fourth-order valence-corrected chi connectivity index (χ4v) is 1.82. The van der Waals surface area contributed by atoms with Crippen LogP contribution in [0.5, 0.6) is 5.75 Å². The zero-order valence-corrected chi connectivity index (χ0v) is 15.1. The lowest BCUT2D eigenvalue weighted by Gasteiger charge is -2.07. The van der Waals surface area contributed by atoms with Crippen molar-refractivity contribution in [2.24, 2.45) is 5.10 Å². The normalized spacial score (nSPS) is 10.8. The molecule has 0 aliphatic heterocycles. The van der Waals surface area contributed by atoms with E-state index in [0.717, 1.165) is 5.75 Å². The summed E-state index contributed by atoms with van der Waals surface area (Å²) in [5.41, 5.74) is 3.07. The second-order valence-electron chi connectivity index (χ2n) is 5.22. The van der Waals surface area contributed by atoms with Crippen molar-refractivity contribution in [2.75, 3.05) is 32.2 Å². The number of carbonyl (C=O) groups is 3. The third kappa shape index (κ3) is 8.25. The van der Waals surface area contributed by atoms with E-state index in [0.29, 0.717) is 24.6 Å². The highest BCUT2D eigenvalue weighted by molar-refractivity contribution is 6.35. The molecule has 3 amide bonds. The van der Waals surface area contributed by atoms with Crippen LogP contribution in [0, 0.1) is 0 Å². The van der Waals surface area contributed by atoms with Crippen molar-refractivity contribution in [3.05, 3.63) is 24.3 Å². The van der Waals surface area contributed by atoms with E-state index in [9.17, 15) is 14.4 Å². The molecule has 0 aliphatic rings. The Morgan fingerprint density at radius 2 is 1.81 bits per heavy atom. The molecular weight excluding hydrogens is 340 g/mol. The minimum absolute atomic E-state index is 0.0290. The summed E-state index contributed by atoms with van der Waals surface area (Å²) >= 11 is 0. The molecule has 0 saturated carbocycles. The molecule has 0 aromatic heterocycles. The molecule has 0 radical (unpaired) electrons. The third-order valence-electron chi connectivity index (χ3n) is 3.01. The monoisotopic (exact) mass is 364 g/mol. The van der Waals surface area contributed by atoms with E-state index >= 15 is 0 Å². The summed E-state index contributed by atoms with van der Waals surface area (Å²) in [5.74, 6) is -1.31. The maximum absolute atomic E-state index is 12.0. The van der Waals surface area contributed by atoms with Crippen molar-refractivity contribution >= 4 is 29.1 Å². The Labute approximate surface area is 152 Å². The molecule has 1 aromatic carbocycles. The number of hydrogen-bond acceptors (Lipinski definition) is 6. The first-order valence-corrected chi connectivity index (χ1v) is 8.09. The van der Waals surface area contributed by atoms with Gasteiger partial charge in [0, 0.05) is 25.1 Å². The number of carbonyl (C=O) groups excluding carboxylic acids is 3. The molecule has 0 unspecified atom stereocenters. The fraction of sp³-hybridized carbons (Fsp3) is 0.412. The molecule has 26 heavy (non-hydrogen) atoms. The van der Waals surface area contributed by atoms with E-state index in [1.807, 2.05) is 6.92 Å². The van der Waals surface area contributed by atoms with Gasteiger partial charge in [0.2, 0.25) is 5.91 Å². The Balaban J connectivity index is 2.41. The number of nitrogens with one attached hydrogen (secondary N) is 3. The standard InChI is InChI=1S/C17H24N4O5/c1-4-26-14-7-5-13(6-8-14)19-15(22)11-12(2)20-21-17(24)16(23)18-9-10-25-3/h5-8H,4,9-11H2,1-3H3,(H,18,23)(H,19,22)(H,21,24)/b20-12+. The molecule has 0 atom stereocenters. The van der Waals surface area contributed by atoms with Gasteiger partial charge in [-0.1, -0.05) is 0 Å². The van der Waals surface area contributed by atoms with Gasteiger partial charge < -0.3 is 20.1 Å². The summed E-state index contributed by atoms with van der Waals surface area (Å²) in [6, 6.07) is 6.95. The zero-order valence-electron chi connectivity index (χ0n) is 15.1. The lowest BCUT2D eigenvalue weighted by molar-refractivity contribution is -0.139. The molecule has 1 rings (SSSR count). The summed E-state index contributed by atoms with van der Waals surface area (Å²) in [6.07, 6.45) is -0.0290. The molecule has 0 aliphatic carbocycles. The van der Waals surface area contributed by atoms with E-state index in [1.54, 1.807) is 31.2 Å². The number of nitrogens with zero attached hydrogens (tertiary/aromatic N) is 1. The van der Waals surface area contributed by atoms with Gasteiger partial charge >= 0.3 is 11.8 Å². The molecule has 9 nitrogen and oxygen atoms in total. The largest absolute Gasteiger partial charge is 0.494 e. The van der Waals surface area contributed by atoms with Gasteiger partial charge in [0.1, 0.15) is 5.75 Å². The van der Waals surface area contributed by atoms with Gasteiger partial charge in [0.25, 0.3) is 0 Å². The SMILES string of the molecule is CCOc1ccc(NC(=O)C/C(C)=N/NC(=O)C(=O)NCCOC)cc1. The Hall–Kier alpha value is -2.94. The van der Waals surface area contributed by atoms with Crippen LogP contribution in [-0.4, -0.2) is 50.3 Å². The summed E-state index contributed by atoms with van der Waals surface area (Å²) in [7, 11) is 1.48. The molecule has 3 N–H and O–H groups in total. The molecule has 9 heteroatoms. The summed E-state index contributed by atoms with van der Waals surface area (Å²) in [4.78, 5) is 34.9. The van der Waals surface area contributed by atoms with Crippen LogP contribution in [0.2, 0.25) is 0 Å². The van der Waals surface area contributed by atoms with E-state index in [1.165, 1.54) is 7.11 Å². The zero-order chi connectivity index (χ0) is 19.4. The maximum Gasteiger partial charge on any atom is 0.329 e.